The quantitative estimate of drug-likeness (QED) is 0.502. The fourth-order valence-electron chi connectivity index (χ4n) is 4.85. The number of ether oxygens (including phenoxy) is 1. The molecule has 0 saturated carbocycles. The molecular weight excluding hydrogens is 474 g/mol. The number of nitrogens with two attached hydrogens (primary N) is 2. The van der Waals surface area contributed by atoms with Crippen molar-refractivity contribution in [2.75, 3.05) is 30.8 Å². The second-order valence-corrected chi connectivity index (χ2v) is 10.6. The van der Waals surface area contributed by atoms with Gasteiger partial charge in [-0.25, -0.2) is 18.7 Å². The molecule has 0 radical (unpaired) electrons. The number of thiophene rings is 1. The maximum atomic E-state index is 15.2. The summed E-state index contributed by atoms with van der Waals surface area (Å²) in [6.07, 6.45) is 1.47. The van der Waals surface area contributed by atoms with Crippen molar-refractivity contribution in [3.63, 3.8) is 0 Å². The smallest absolute Gasteiger partial charge is 0.263 e. The number of anilines is 2. The van der Waals surface area contributed by atoms with E-state index >= 15 is 4.39 Å². The average Bonchev–Trinajstić information content (AvgIpc) is 3.31. The summed E-state index contributed by atoms with van der Waals surface area (Å²) in [7, 11) is 1.63. The van der Waals surface area contributed by atoms with Gasteiger partial charge in [0, 0.05) is 49.0 Å². The van der Waals surface area contributed by atoms with Crippen LogP contribution in [-0.2, 0) is 17.6 Å². The number of amides is 1. The first kappa shape index (κ1) is 23.8. The van der Waals surface area contributed by atoms with Gasteiger partial charge >= 0.3 is 0 Å². The van der Waals surface area contributed by atoms with Gasteiger partial charge in [-0.2, -0.15) is 0 Å². The summed E-state index contributed by atoms with van der Waals surface area (Å²) in [6, 6.07) is 2.26. The van der Waals surface area contributed by atoms with Crippen LogP contribution < -0.4 is 21.7 Å². The molecule has 4 heterocycles. The topological polar surface area (TPSA) is 119 Å². The van der Waals surface area contributed by atoms with Crippen molar-refractivity contribution in [2.45, 2.75) is 50.8 Å². The fourth-order valence-corrected chi connectivity index (χ4v) is 5.87. The third-order valence-electron chi connectivity index (χ3n) is 7.21. The molecule has 2 aliphatic rings. The van der Waals surface area contributed by atoms with Gasteiger partial charge in [0.05, 0.1) is 23.0 Å². The van der Waals surface area contributed by atoms with Crippen LogP contribution in [0, 0.1) is 18.6 Å². The molecule has 35 heavy (non-hydrogen) atoms. The Kier molecular flexibility index (Phi) is 5.89. The molecule has 0 aromatic carbocycles. The Bertz CT molecular complexity index is 1330. The lowest BCUT2D eigenvalue weighted by molar-refractivity contribution is 0.0129. The van der Waals surface area contributed by atoms with Crippen LogP contribution in [0.2, 0.25) is 0 Å². The summed E-state index contributed by atoms with van der Waals surface area (Å²) in [5.41, 5.74) is 13.5. The van der Waals surface area contributed by atoms with E-state index < -0.39 is 11.4 Å². The molecular formula is C24H28F2N6O2S. The summed E-state index contributed by atoms with van der Waals surface area (Å²) in [6.45, 7) is 4.56. The molecule has 1 aliphatic carbocycles. The highest BCUT2D eigenvalue weighted by Gasteiger charge is 2.42. The second kappa shape index (κ2) is 8.65. The number of nitrogen functional groups attached to an aromatic ring is 1. The van der Waals surface area contributed by atoms with Crippen molar-refractivity contribution >= 4 is 39.0 Å². The highest BCUT2D eigenvalue weighted by Crippen LogP contribution is 2.34. The lowest BCUT2D eigenvalue weighted by Gasteiger charge is -2.28. The minimum absolute atomic E-state index is 0.203. The van der Waals surface area contributed by atoms with E-state index in [2.05, 4.69) is 10.3 Å². The maximum absolute atomic E-state index is 15.2. The number of aryl methyl sites for hydroxylation is 2. The molecule has 5 rings (SSSR count). The molecule has 1 aliphatic heterocycles. The Balaban J connectivity index is 1.32. The van der Waals surface area contributed by atoms with Gasteiger partial charge in [-0.1, -0.05) is 0 Å². The molecule has 11 heteroatoms. The number of pyridine rings is 2. The number of fused-ring (bicyclic) bond motifs is 2. The minimum Gasteiger partial charge on any atom is -0.397 e. The van der Waals surface area contributed by atoms with Crippen molar-refractivity contribution in [3.05, 3.63) is 45.6 Å². The Hall–Kier alpha value is -2.89. The summed E-state index contributed by atoms with van der Waals surface area (Å²) in [5, 5.41) is 3.38. The second-order valence-electron chi connectivity index (χ2n) is 9.56. The Morgan fingerprint density at radius 3 is 2.80 bits per heavy atom. The van der Waals surface area contributed by atoms with Crippen molar-refractivity contribution in [3.8, 4) is 0 Å². The number of carbonyl (C=O) groups excluding carboxylic acids is 1. The first-order chi connectivity index (χ1) is 16.6. The van der Waals surface area contributed by atoms with Gasteiger partial charge < -0.3 is 26.4 Å². The van der Waals surface area contributed by atoms with Gasteiger partial charge in [0.15, 0.2) is 0 Å². The average molecular weight is 503 g/mol. The van der Waals surface area contributed by atoms with Gasteiger partial charge in [-0.15, -0.1) is 11.3 Å². The fraction of sp³-hybridized carbons (Fsp3) is 0.458. The lowest BCUT2D eigenvalue weighted by Crippen LogP contribution is -2.45. The third kappa shape index (κ3) is 4.11. The van der Waals surface area contributed by atoms with Crippen LogP contribution in [0.5, 0.6) is 0 Å². The third-order valence-corrected chi connectivity index (χ3v) is 8.32. The summed E-state index contributed by atoms with van der Waals surface area (Å²) >= 11 is 1.12. The lowest BCUT2D eigenvalue weighted by atomic mass is 9.91. The SMILES string of the molecule is COC1(C)CN(c2cc(F)c3c(n2)CCC(NC(=O)c2sc4nc(C)c(F)cc4c2N)C3)CC1N. The minimum atomic E-state index is -0.516. The van der Waals surface area contributed by atoms with E-state index in [-0.39, 0.29) is 40.1 Å². The van der Waals surface area contributed by atoms with Crippen LogP contribution in [0.3, 0.4) is 0 Å². The molecule has 1 amide bonds. The molecule has 8 nitrogen and oxygen atoms in total. The standard InChI is InChI=1S/C24H28F2N6O2S/c1-11-15(25)7-14-20(28)21(35-23(14)29-11)22(33)30-12-4-5-17-13(6-12)16(26)8-19(31-17)32-9-18(27)24(2,10-32)34-3/h7-8,12,18H,4-6,9-10,27-28H2,1-3H3,(H,30,33). The largest absolute Gasteiger partial charge is 0.397 e. The van der Waals surface area contributed by atoms with Crippen molar-refractivity contribution in [2.24, 2.45) is 5.73 Å². The number of hydrogen-bond donors (Lipinski definition) is 3. The number of hydrogen-bond acceptors (Lipinski definition) is 8. The molecule has 3 aromatic heterocycles. The maximum Gasteiger partial charge on any atom is 0.263 e. The van der Waals surface area contributed by atoms with Crippen LogP contribution in [-0.4, -0.2) is 53.8 Å². The molecule has 0 bridgehead atoms. The number of aromatic nitrogens is 2. The first-order valence-corrected chi connectivity index (χ1v) is 12.3. The molecule has 0 spiro atoms. The summed E-state index contributed by atoms with van der Waals surface area (Å²) in [4.78, 5) is 24.6. The Morgan fingerprint density at radius 1 is 1.31 bits per heavy atom. The molecule has 3 unspecified atom stereocenters. The summed E-state index contributed by atoms with van der Waals surface area (Å²) < 4.78 is 34.7. The predicted octanol–water partition coefficient (Wildman–Crippen LogP) is 2.70. The Morgan fingerprint density at radius 2 is 2.09 bits per heavy atom. The molecule has 1 fully saturated rings. The number of halogens is 2. The molecule has 3 aromatic rings. The van der Waals surface area contributed by atoms with Gasteiger partial charge in [0.25, 0.3) is 5.91 Å². The van der Waals surface area contributed by atoms with Crippen LogP contribution in [0.25, 0.3) is 10.2 Å². The van der Waals surface area contributed by atoms with Gasteiger partial charge in [-0.05, 0) is 39.2 Å². The zero-order valence-corrected chi connectivity index (χ0v) is 20.6. The zero-order valence-electron chi connectivity index (χ0n) is 19.8. The van der Waals surface area contributed by atoms with Crippen molar-refractivity contribution in [1.29, 1.82) is 0 Å². The van der Waals surface area contributed by atoms with Gasteiger partial charge in [0.1, 0.15) is 27.2 Å². The summed E-state index contributed by atoms with van der Waals surface area (Å²) in [5.74, 6) is -0.636. The number of nitrogens with one attached hydrogen (secondary N) is 1. The van der Waals surface area contributed by atoms with E-state index in [1.165, 1.54) is 12.1 Å². The molecule has 1 saturated heterocycles. The van der Waals surface area contributed by atoms with E-state index in [9.17, 15) is 9.18 Å². The number of carbonyl (C=O) groups is 1. The van der Waals surface area contributed by atoms with Gasteiger partial charge in [0.2, 0.25) is 0 Å². The van der Waals surface area contributed by atoms with Crippen molar-refractivity contribution in [1.82, 2.24) is 15.3 Å². The first-order valence-electron chi connectivity index (χ1n) is 11.5. The van der Waals surface area contributed by atoms with Crippen LogP contribution in [0.1, 0.15) is 40.0 Å². The van der Waals surface area contributed by atoms with Crippen LogP contribution in [0.15, 0.2) is 12.1 Å². The molecule has 3 atom stereocenters. The molecule has 5 N–H and O–H groups in total. The van der Waals surface area contributed by atoms with E-state index in [1.54, 1.807) is 14.0 Å². The van der Waals surface area contributed by atoms with E-state index in [0.717, 1.165) is 11.3 Å². The van der Waals surface area contributed by atoms with E-state index in [0.29, 0.717) is 59.6 Å². The van der Waals surface area contributed by atoms with Crippen molar-refractivity contribution < 1.29 is 18.3 Å². The van der Waals surface area contributed by atoms with Crippen LogP contribution in [0.4, 0.5) is 20.3 Å². The highest BCUT2D eigenvalue weighted by molar-refractivity contribution is 7.21. The number of nitrogens with zero attached hydrogens (tertiary/aromatic N) is 3. The normalized spacial score (nSPS) is 24.1. The Labute approximate surface area is 205 Å². The number of rotatable bonds is 4. The molecule has 186 valence electrons. The van der Waals surface area contributed by atoms with E-state index in [1.807, 2.05) is 11.8 Å². The zero-order chi connectivity index (χ0) is 25.1. The predicted molar refractivity (Wildman–Crippen MR) is 132 cm³/mol. The monoisotopic (exact) mass is 502 g/mol. The van der Waals surface area contributed by atoms with E-state index in [4.69, 9.17) is 21.2 Å². The van der Waals surface area contributed by atoms with Gasteiger partial charge in [-0.3, -0.25) is 4.79 Å². The number of methoxy groups -OCH3 is 1. The highest BCUT2D eigenvalue weighted by atomic mass is 32.1. The van der Waals surface area contributed by atoms with Crippen LogP contribution >= 0.6 is 11.3 Å².